The Morgan fingerprint density at radius 2 is 1.86 bits per heavy atom. The molecule has 0 aliphatic rings. The highest BCUT2D eigenvalue weighted by Crippen LogP contribution is 2.29. The molecule has 0 bridgehead atoms. The van der Waals surface area contributed by atoms with Crippen LogP contribution in [0.3, 0.4) is 0 Å². The van der Waals surface area contributed by atoms with Crippen LogP contribution in [0.15, 0.2) is 35.2 Å². The lowest BCUT2D eigenvalue weighted by atomic mass is 10.1. The van der Waals surface area contributed by atoms with Gasteiger partial charge in [-0.25, -0.2) is 8.42 Å². The third-order valence-corrected chi connectivity index (χ3v) is 5.85. The summed E-state index contributed by atoms with van der Waals surface area (Å²) in [5.74, 6) is 0. The fourth-order valence-electron chi connectivity index (χ4n) is 1.94. The minimum Gasteiger partial charge on any atom is -0.398 e. The lowest BCUT2D eigenvalue weighted by Crippen LogP contribution is -2.17. The molecule has 0 heterocycles. The Morgan fingerprint density at radius 3 is 2.48 bits per heavy atom. The topological polar surface area (TPSA) is 72.2 Å². The van der Waals surface area contributed by atoms with E-state index in [0.29, 0.717) is 19.8 Å². The molecule has 0 saturated heterocycles. The number of benzene rings is 2. The molecule has 0 spiro atoms. The summed E-state index contributed by atoms with van der Waals surface area (Å²) in [5.41, 5.74) is 8.07. The molecule has 0 amide bonds. The van der Waals surface area contributed by atoms with Crippen molar-refractivity contribution in [3.63, 3.8) is 0 Å². The SMILES string of the molecule is Cc1ccc(N)c(S(=O)(=O)Nc2ccc(Cl)cc2I)c1C. The van der Waals surface area contributed by atoms with E-state index in [1.54, 1.807) is 37.3 Å². The molecular formula is C14H14ClIN2O2S. The Balaban J connectivity index is 2.51. The summed E-state index contributed by atoms with van der Waals surface area (Å²) in [6.45, 7) is 3.59. The highest BCUT2D eigenvalue weighted by Gasteiger charge is 2.22. The Morgan fingerprint density at radius 1 is 1.19 bits per heavy atom. The van der Waals surface area contributed by atoms with Crippen LogP contribution in [-0.2, 0) is 10.0 Å². The van der Waals surface area contributed by atoms with Gasteiger partial charge in [-0.15, -0.1) is 0 Å². The van der Waals surface area contributed by atoms with Crippen molar-refractivity contribution in [3.05, 3.63) is 50.1 Å². The van der Waals surface area contributed by atoms with E-state index in [4.69, 9.17) is 17.3 Å². The van der Waals surface area contributed by atoms with Gasteiger partial charge in [-0.2, -0.15) is 0 Å². The van der Waals surface area contributed by atoms with Crippen molar-refractivity contribution in [2.45, 2.75) is 18.7 Å². The number of hydrogen-bond acceptors (Lipinski definition) is 3. The zero-order chi connectivity index (χ0) is 15.8. The number of halogens is 2. The second-order valence-corrected chi connectivity index (χ2v) is 7.87. The smallest absolute Gasteiger partial charge is 0.264 e. The zero-order valence-electron chi connectivity index (χ0n) is 11.4. The van der Waals surface area contributed by atoms with Crippen LogP contribution in [0.5, 0.6) is 0 Å². The molecule has 4 nitrogen and oxygen atoms in total. The van der Waals surface area contributed by atoms with Crippen LogP contribution in [0.4, 0.5) is 11.4 Å². The third-order valence-electron chi connectivity index (χ3n) is 3.15. The molecular weight excluding hydrogens is 423 g/mol. The van der Waals surface area contributed by atoms with E-state index in [1.807, 2.05) is 29.5 Å². The van der Waals surface area contributed by atoms with Gasteiger partial charge in [0.25, 0.3) is 10.0 Å². The summed E-state index contributed by atoms with van der Waals surface area (Å²) < 4.78 is 28.5. The molecule has 112 valence electrons. The van der Waals surface area contributed by atoms with Crippen molar-refractivity contribution >= 4 is 55.6 Å². The highest BCUT2D eigenvalue weighted by molar-refractivity contribution is 14.1. The number of nitrogens with one attached hydrogen (secondary N) is 1. The molecule has 0 aliphatic carbocycles. The first kappa shape index (κ1) is 16.4. The lowest BCUT2D eigenvalue weighted by Gasteiger charge is -2.15. The van der Waals surface area contributed by atoms with Gasteiger partial charge in [0.05, 0.1) is 11.4 Å². The van der Waals surface area contributed by atoms with Crippen LogP contribution >= 0.6 is 34.2 Å². The number of nitrogen functional groups attached to an aromatic ring is 1. The van der Waals surface area contributed by atoms with E-state index in [0.717, 1.165) is 5.56 Å². The Hall–Kier alpha value is -0.990. The molecule has 0 saturated carbocycles. The summed E-state index contributed by atoms with van der Waals surface area (Å²) >= 11 is 7.90. The maximum absolute atomic E-state index is 12.6. The molecule has 3 N–H and O–H groups in total. The largest absolute Gasteiger partial charge is 0.398 e. The van der Waals surface area contributed by atoms with Crippen molar-refractivity contribution in [1.82, 2.24) is 0 Å². The fraction of sp³-hybridized carbons (Fsp3) is 0.143. The summed E-state index contributed by atoms with van der Waals surface area (Å²) in [6, 6.07) is 8.35. The van der Waals surface area contributed by atoms with Gasteiger partial charge in [0.1, 0.15) is 4.90 Å². The number of aryl methyl sites for hydroxylation is 1. The molecule has 0 atom stereocenters. The minimum absolute atomic E-state index is 0.119. The van der Waals surface area contributed by atoms with Gasteiger partial charge in [0, 0.05) is 8.59 Å². The molecule has 21 heavy (non-hydrogen) atoms. The second kappa shape index (κ2) is 6.02. The van der Waals surface area contributed by atoms with Gasteiger partial charge < -0.3 is 5.73 Å². The molecule has 7 heteroatoms. The first-order valence-electron chi connectivity index (χ1n) is 6.06. The highest BCUT2D eigenvalue weighted by atomic mass is 127. The van der Waals surface area contributed by atoms with Crippen LogP contribution in [0, 0.1) is 17.4 Å². The van der Waals surface area contributed by atoms with Crippen molar-refractivity contribution in [2.24, 2.45) is 0 Å². The normalized spacial score (nSPS) is 11.4. The van der Waals surface area contributed by atoms with Crippen LogP contribution < -0.4 is 10.5 Å². The van der Waals surface area contributed by atoms with Gasteiger partial charge in [-0.1, -0.05) is 17.7 Å². The van der Waals surface area contributed by atoms with E-state index in [1.165, 1.54) is 0 Å². The summed E-state index contributed by atoms with van der Waals surface area (Å²) in [4.78, 5) is 0.119. The van der Waals surface area contributed by atoms with E-state index in [2.05, 4.69) is 4.72 Å². The van der Waals surface area contributed by atoms with Crippen molar-refractivity contribution in [3.8, 4) is 0 Å². The van der Waals surface area contributed by atoms with Crippen molar-refractivity contribution in [1.29, 1.82) is 0 Å². The molecule has 2 aromatic rings. The van der Waals surface area contributed by atoms with E-state index in [9.17, 15) is 8.42 Å². The molecule has 0 unspecified atom stereocenters. The zero-order valence-corrected chi connectivity index (χ0v) is 15.2. The van der Waals surface area contributed by atoms with Crippen molar-refractivity contribution < 1.29 is 8.42 Å². The average Bonchev–Trinajstić information content (AvgIpc) is 2.37. The average molecular weight is 437 g/mol. The van der Waals surface area contributed by atoms with Crippen LogP contribution in [0.25, 0.3) is 0 Å². The Bertz CT molecular complexity index is 807. The van der Waals surface area contributed by atoms with E-state index < -0.39 is 10.0 Å². The predicted octanol–water partition coefficient (Wildman–Crippen LogP) is 3.94. The van der Waals surface area contributed by atoms with Gasteiger partial charge in [-0.3, -0.25) is 4.72 Å². The van der Waals surface area contributed by atoms with Crippen LogP contribution in [-0.4, -0.2) is 8.42 Å². The van der Waals surface area contributed by atoms with Crippen molar-refractivity contribution in [2.75, 3.05) is 10.5 Å². The maximum Gasteiger partial charge on any atom is 0.264 e. The number of sulfonamides is 1. The number of nitrogens with two attached hydrogens (primary N) is 1. The summed E-state index contributed by atoms with van der Waals surface area (Å²) in [6.07, 6.45) is 0. The van der Waals surface area contributed by atoms with Gasteiger partial charge in [-0.05, 0) is 71.8 Å². The first-order valence-corrected chi connectivity index (χ1v) is 9.00. The fourth-order valence-corrected chi connectivity index (χ4v) is 4.64. The second-order valence-electron chi connectivity index (χ2n) is 4.66. The Labute approximate surface area is 142 Å². The van der Waals surface area contributed by atoms with E-state index in [-0.39, 0.29) is 10.6 Å². The Kier molecular flexibility index (Phi) is 4.69. The molecule has 2 rings (SSSR count). The predicted molar refractivity (Wildman–Crippen MR) is 95.3 cm³/mol. The van der Waals surface area contributed by atoms with Crippen LogP contribution in [0.2, 0.25) is 5.02 Å². The van der Waals surface area contributed by atoms with E-state index >= 15 is 0 Å². The number of rotatable bonds is 3. The molecule has 0 aromatic heterocycles. The minimum atomic E-state index is -3.76. The van der Waals surface area contributed by atoms with Gasteiger partial charge in [0.2, 0.25) is 0 Å². The first-order chi connectivity index (χ1) is 9.72. The standard InChI is InChI=1S/C14H14ClIN2O2S/c1-8-3-5-12(17)14(9(8)2)21(19,20)18-13-6-4-10(15)7-11(13)16/h3-7,18H,17H2,1-2H3. The van der Waals surface area contributed by atoms with Gasteiger partial charge >= 0.3 is 0 Å². The molecule has 0 radical (unpaired) electrons. The summed E-state index contributed by atoms with van der Waals surface area (Å²) in [5, 5.41) is 0.550. The molecule has 2 aromatic carbocycles. The molecule has 0 fully saturated rings. The lowest BCUT2D eigenvalue weighted by molar-refractivity contribution is 0.601. The van der Waals surface area contributed by atoms with Gasteiger partial charge in [0.15, 0.2) is 0 Å². The van der Waals surface area contributed by atoms with Crippen LogP contribution in [0.1, 0.15) is 11.1 Å². The third kappa shape index (κ3) is 3.44. The summed E-state index contributed by atoms with van der Waals surface area (Å²) in [7, 11) is -3.76. The number of hydrogen-bond donors (Lipinski definition) is 2. The number of anilines is 2. The molecule has 0 aliphatic heterocycles. The quantitative estimate of drug-likeness (QED) is 0.565. The monoisotopic (exact) mass is 436 g/mol. The maximum atomic E-state index is 12.6.